The van der Waals surface area contributed by atoms with Gasteiger partial charge in [0.1, 0.15) is 12.5 Å². The van der Waals surface area contributed by atoms with Crippen LogP contribution in [0, 0.1) is 5.41 Å². The van der Waals surface area contributed by atoms with Gasteiger partial charge in [-0.25, -0.2) is 0 Å². The fourth-order valence-corrected chi connectivity index (χ4v) is 1.47. The molecule has 1 heterocycles. The predicted octanol–water partition coefficient (Wildman–Crippen LogP) is 1.47. The molecular formula is C10H12N2O. The quantitative estimate of drug-likeness (QED) is 0.658. The van der Waals surface area contributed by atoms with Gasteiger partial charge in [-0.05, 0) is 30.8 Å². The van der Waals surface area contributed by atoms with Crippen LogP contribution in [-0.4, -0.2) is 24.9 Å². The molecule has 1 aliphatic rings. The lowest BCUT2D eigenvalue weighted by Crippen LogP contribution is -2.28. The summed E-state index contributed by atoms with van der Waals surface area (Å²) in [6, 6.07) is 5.83. The molecule has 0 saturated heterocycles. The Labute approximate surface area is 77.4 Å². The molecule has 0 atom stereocenters. The van der Waals surface area contributed by atoms with E-state index in [1.54, 1.807) is 0 Å². The molecular weight excluding hydrogens is 164 g/mol. The van der Waals surface area contributed by atoms with Gasteiger partial charge in [0, 0.05) is 18.3 Å². The topological polar surface area (TPSA) is 36.3 Å². The highest BCUT2D eigenvalue weighted by Crippen LogP contribution is 2.24. The molecule has 1 aromatic carbocycles. The maximum Gasteiger partial charge on any atom is 0.142 e. The molecule has 0 amide bonds. The van der Waals surface area contributed by atoms with Gasteiger partial charge in [0.25, 0.3) is 0 Å². The first-order chi connectivity index (χ1) is 6.29. The molecule has 68 valence electrons. The van der Waals surface area contributed by atoms with Gasteiger partial charge in [-0.2, -0.15) is 0 Å². The molecule has 0 aromatic heterocycles. The van der Waals surface area contributed by atoms with Crippen molar-refractivity contribution in [1.29, 1.82) is 5.41 Å². The Balaban J connectivity index is 2.38. The number of ether oxygens (including phenoxy) is 1. The molecule has 1 N–H and O–H groups in total. The van der Waals surface area contributed by atoms with E-state index >= 15 is 0 Å². The zero-order valence-corrected chi connectivity index (χ0v) is 7.58. The van der Waals surface area contributed by atoms with Crippen molar-refractivity contribution in [2.45, 2.75) is 6.54 Å². The van der Waals surface area contributed by atoms with Crippen molar-refractivity contribution < 1.29 is 4.74 Å². The van der Waals surface area contributed by atoms with E-state index in [2.05, 4.69) is 4.90 Å². The van der Waals surface area contributed by atoms with E-state index in [1.165, 1.54) is 6.21 Å². The van der Waals surface area contributed by atoms with Crippen molar-refractivity contribution in [2.75, 3.05) is 13.8 Å². The summed E-state index contributed by atoms with van der Waals surface area (Å²) in [4.78, 5) is 2.09. The molecule has 3 heteroatoms. The summed E-state index contributed by atoms with van der Waals surface area (Å²) in [6.45, 7) is 1.55. The van der Waals surface area contributed by atoms with Crippen molar-refractivity contribution in [3.63, 3.8) is 0 Å². The van der Waals surface area contributed by atoms with Crippen LogP contribution in [0.25, 0.3) is 0 Å². The van der Waals surface area contributed by atoms with Crippen LogP contribution in [0.5, 0.6) is 5.75 Å². The molecule has 2 rings (SSSR count). The van der Waals surface area contributed by atoms with Gasteiger partial charge in [-0.1, -0.05) is 0 Å². The molecule has 0 unspecified atom stereocenters. The number of fused-ring (bicyclic) bond motifs is 1. The molecule has 1 aliphatic heterocycles. The smallest absolute Gasteiger partial charge is 0.142 e. The SMILES string of the molecule is CN1COc2ccc(C=N)cc2C1. The third-order valence-electron chi connectivity index (χ3n) is 2.13. The second-order valence-electron chi connectivity index (χ2n) is 3.30. The zero-order chi connectivity index (χ0) is 9.26. The monoisotopic (exact) mass is 176 g/mol. The number of nitrogens with one attached hydrogen (secondary N) is 1. The third-order valence-corrected chi connectivity index (χ3v) is 2.13. The second-order valence-corrected chi connectivity index (χ2v) is 3.30. The van der Waals surface area contributed by atoms with E-state index in [1.807, 2.05) is 25.2 Å². The van der Waals surface area contributed by atoms with Gasteiger partial charge >= 0.3 is 0 Å². The Hall–Kier alpha value is -1.35. The normalized spacial score (nSPS) is 16.1. The maximum atomic E-state index is 7.13. The standard InChI is InChI=1S/C10H12N2O/c1-12-6-9-4-8(5-11)2-3-10(9)13-7-12/h2-5,11H,6-7H2,1H3. The van der Waals surface area contributed by atoms with Crippen LogP contribution in [0.1, 0.15) is 11.1 Å². The van der Waals surface area contributed by atoms with E-state index in [0.29, 0.717) is 6.73 Å². The second kappa shape index (κ2) is 3.18. The highest BCUT2D eigenvalue weighted by molar-refractivity contribution is 5.77. The van der Waals surface area contributed by atoms with Crippen molar-refractivity contribution >= 4 is 6.21 Å². The van der Waals surface area contributed by atoms with E-state index in [9.17, 15) is 0 Å². The summed E-state index contributed by atoms with van der Waals surface area (Å²) in [6.07, 6.45) is 1.36. The molecule has 0 radical (unpaired) electrons. The molecule has 0 fully saturated rings. The summed E-state index contributed by atoms with van der Waals surface area (Å²) in [5.74, 6) is 0.948. The Morgan fingerprint density at radius 2 is 2.38 bits per heavy atom. The van der Waals surface area contributed by atoms with Gasteiger partial charge in [0.2, 0.25) is 0 Å². The number of benzene rings is 1. The number of nitrogens with zero attached hydrogens (tertiary/aromatic N) is 1. The minimum Gasteiger partial charge on any atom is -0.478 e. The molecule has 0 aliphatic carbocycles. The van der Waals surface area contributed by atoms with E-state index in [0.717, 1.165) is 23.4 Å². The van der Waals surface area contributed by atoms with Crippen LogP contribution in [0.3, 0.4) is 0 Å². The van der Waals surface area contributed by atoms with Gasteiger partial charge in [-0.3, -0.25) is 4.90 Å². The first-order valence-electron chi connectivity index (χ1n) is 4.24. The van der Waals surface area contributed by atoms with Gasteiger partial charge < -0.3 is 10.1 Å². The lowest BCUT2D eigenvalue weighted by molar-refractivity contribution is 0.121. The number of rotatable bonds is 1. The Morgan fingerprint density at radius 1 is 1.54 bits per heavy atom. The van der Waals surface area contributed by atoms with Crippen molar-refractivity contribution in [3.8, 4) is 5.75 Å². The van der Waals surface area contributed by atoms with E-state index in [-0.39, 0.29) is 0 Å². The Bertz CT molecular complexity index is 336. The van der Waals surface area contributed by atoms with Crippen LogP contribution in [-0.2, 0) is 6.54 Å². The van der Waals surface area contributed by atoms with Crippen LogP contribution in [0.4, 0.5) is 0 Å². The summed E-state index contributed by atoms with van der Waals surface area (Å²) >= 11 is 0. The minimum absolute atomic E-state index is 0.650. The summed E-state index contributed by atoms with van der Waals surface area (Å²) in [5, 5.41) is 7.13. The molecule has 0 spiro atoms. The van der Waals surface area contributed by atoms with Crippen molar-refractivity contribution in [1.82, 2.24) is 4.90 Å². The average Bonchev–Trinajstić information content (AvgIpc) is 2.16. The largest absolute Gasteiger partial charge is 0.478 e. The molecule has 0 saturated carbocycles. The lowest BCUT2D eigenvalue weighted by Gasteiger charge is -2.25. The fourth-order valence-electron chi connectivity index (χ4n) is 1.47. The predicted molar refractivity (Wildman–Crippen MR) is 51.3 cm³/mol. The van der Waals surface area contributed by atoms with E-state index in [4.69, 9.17) is 10.1 Å². The first kappa shape index (κ1) is 8.26. The van der Waals surface area contributed by atoms with Gasteiger partial charge in [0.15, 0.2) is 0 Å². The molecule has 13 heavy (non-hydrogen) atoms. The molecule has 0 bridgehead atoms. The van der Waals surface area contributed by atoms with Gasteiger partial charge in [0.05, 0.1) is 0 Å². The Morgan fingerprint density at radius 3 is 3.15 bits per heavy atom. The highest BCUT2D eigenvalue weighted by Gasteiger charge is 2.13. The van der Waals surface area contributed by atoms with Crippen LogP contribution >= 0.6 is 0 Å². The number of hydrogen-bond donors (Lipinski definition) is 1. The minimum atomic E-state index is 0.650. The van der Waals surface area contributed by atoms with E-state index < -0.39 is 0 Å². The van der Waals surface area contributed by atoms with Crippen LogP contribution in [0.2, 0.25) is 0 Å². The number of hydrogen-bond acceptors (Lipinski definition) is 3. The van der Waals surface area contributed by atoms with Crippen molar-refractivity contribution in [3.05, 3.63) is 29.3 Å². The third kappa shape index (κ3) is 1.55. The van der Waals surface area contributed by atoms with Crippen LogP contribution in [0.15, 0.2) is 18.2 Å². The zero-order valence-electron chi connectivity index (χ0n) is 7.58. The van der Waals surface area contributed by atoms with Crippen molar-refractivity contribution in [2.24, 2.45) is 0 Å². The Kier molecular flexibility index (Phi) is 2.02. The highest BCUT2D eigenvalue weighted by atomic mass is 16.5. The average molecular weight is 176 g/mol. The first-order valence-corrected chi connectivity index (χ1v) is 4.24. The summed E-state index contributed by atoms with van der Waals surface area (Å²) in [5.41, 5.74) is 2.09. The van der Waals surface area contributed by atoms with Gasteiger partial charge in [-0.15, -0.1) is 0 Å². The molecule has 3 nitrogen and oxygen atoms in total. The summed E-state index contributed by atoms with van der Waals surface area (Å²) < 4.78 is 5.49. The fraction of sp³-hybridized carbons (Fsp3) is 0.300. The summed E-state index contributed by atoms with van der Waals surface area (Å²) in [7, 11) is 2.01. The maximum absolute atomic E-state index is 7.13. The lowest BCUT2D eigenvalue weighted by atomic mass is 10.1. The van der Waals surface area contributed by atoms with Crippen LogP contribution < -0.4 is 4.74 Å². The molecule has 1 aromatic rings.